The van der Waals surface area contributed by atoms with E-state index < -0.39 is 0 Å². The number of aromatic amines is 1. The van der Waals surface area contributed by atoms with Crippen molar-refractivity contribution in [2.45, 2.75) is 6.92 Å². The molecule has 3 rings (SSSR count). The standard InChI is InChI=1S/C12H11N5O/c1-7-9-10(17(2)16-7)12(18)15-11(14-9)8-4-3-5-13-6-8/h3-6H,1-2H3,(H,14,15,18). The van der Waals surface area contributed by atoms with Crippen LogP contribution in [0.1, 0.15) is 5.69 Å². The fourth-order valence-electron chi connectivity index (χ4n) is 1.99. The van der Waals surface area contributed by atoms with Gasteiger partial charge in [-0.25, -0.2) is 0 Å². The molecule has 0 radical (unpaired) electrons. The van der Waals surface area contributed by atoms with E-state index in [0.717, 1.165) is 16.8 Å². The van der Waals surface area contributed by atoms with Crippen LogP contribution in [0.25, 0.3) is 22.4 Å². The number of nitrogens with one attached hydrogen (secondary N) is 1. The molecule has 0 aliphatic carbocycles. The largest absolute Gasteiger partial charge is 0.336 e. The van der Waals surface area contributed by atoms with Gasteiger partial charge in [0.1, 0.15) is 5.82 Å². The lowest BCUT2D eigenvalue weighted by Gasteiger charge is -2.00. The topological polar surface area (TPSA) is 76.5 Å². The minimum Gasteiger partial charge on any atom is -0.336 e. The fraction of sp³-hybridized carbons (Fsp3) is 0.167. The van der Waals surface area contributed by atoms with Gasteiger partial charge in [-0.3, -0.25) is 14.5 Å². The Morgan fingerprint density at radius 1 is 1.39 bits per heavy atom. The zero-order valence-corrected chi connectivity index (χ0v) is 10.0. The highest BCUT2D eigenvalue weighted by Crippen LogP contribution is 2.16. The molecular weight excluding hydrogens is 230 g/mol. The number of hydrogen-bond donors (Lipinski definition) is 1. The summed E-state index contributed by atoms with van der Waals surface area (Å²) in [5.74, 6) is 0.511. The van der Waals surface area contributed by atoms with Gasteiger partial charge < -0.3 is 4.98 Å². The molecule has 0 aliphatic rings. The lowest BCUT2D eigenvalue weighted by Crippen LogP contribution is -2.12. The quantitative estimate of drug-likeness (QED) is 0.690. The van der Waals surface area contributed by atoms with Crippen molar-refractivity contribution >= 4 is 11.0 Å². The van der Waals surface area contributed by atoms with Gasteiger partial charge in [0, 0.05) is 25.0 Å². The van der Waals surface area contributed by atoms with Gasteiger partial charge in [-0.15, -0.1) is 0 Å². The molecule has 0 saturated carbocycles. The average Bonchev–Trinajstić information content (AvgIpc) is 2.66. The summed E-state index contributed by atoms with van der Waals surface area (Å²) in [6, 6.07) is 3.65. The lowest BCUT2D eigenvalue weighted by atomic mass is 10.2. The van der Waals surface area contributed by atoms with Crippen molar-refractivity contribution in [1.82, 2.24) is 24.7 Å². The number of H-pyrrole nitrogens is 1. The molecule has 0 fully saturated rings. The molecule has 0 aliphatic heterocycles. The van der Waals surface area contributed by atoms with Crippen LogP contribution in [-0.2, 0) is 7.05 Å². The Balaban J connectivity index is 2.35. The Morgan fingerprint density at radius 3 is 2.94 bits per heavy atom. The minimum absolute atomic E-state index is 0.286. The van der Waals surface area contributed by atoms with Gasteiger partial charge in [-0.1, -0.05) is 0 Å². The van der Waals surface area contributed by atoms with E-state index in [9.17, 15) is 4.79 Å². The van der Waals surface area contributed by atoms with Crippen LogP contribution in [-0.4, -0.2) is 24.7 Å². The van der Waals surface area contributed by atoms with E-state index in [1.165, 1.54) is 0 Å². The van der Waals surface area contributed by atoms with E-state index in [4.69, 9.17) is 0 Å². The molecule has 0 aromatic carbocycles. The predicted octanol–water partition coefficient (Wildman–Crippen LogP) is 1.03. The number of pyridine rings is 1. The van der Waals surface area contributed by atoms with Crippen LogP contribution in [0.3, 0.4) is 0 Å². The number of nitrogens with zero attached hydrogens (tertiary/aromatic N) is 4. The van der Waals surface area contributed by atoms with E-state index in [1.807, 2.05) is 13.0 Å². The number of hydrogen-bond acceptors (Lipinski definition) is 4. The third-order valence-corrected chi connectivity index (χ3v) is 2.82. The van der Waals surface area contributed by atoms with Gasteiger partial charge in [-0.05, 0) is 19.1 Å². The smallest absolute Gasteiger partial charge is 0.299 e. The second-order valence-electron chi connectivity index (χ2n) is 4.06. The first-order chi connectivity index (χ1) is 8.66. The van der Waals surface area contributed by atoms with Crippen molar-refractivity contribution in [3.8, 4) is 11.4 Å². The number of aromatic nitrogens is 5. The van der Waals surface area contributed by atoms with Crippen LogP contribution in [0.5, 0.6) is 0 Å². The van der Waals surface area contributed by atoms with Crippen molar-refractivity contribution in [3.63, 3.8) is 0 Å². The van der Waals surface area contributed by atoms with Crippen LogP contribution in [0.15, 0.2) is 29.3 Å². The maximum Gasteiger partial charge on any atom is 0.299 e. The highest BCUT2D eigenvalue weighted by atomic mass is 16.1. The molecule has 0 unspecified atom stereocenters. The van der Waals surface area contributed by atoms with Crippen LogP contribution in [0.4, 0.5) is 0 Å². The summed E-state index contributed by atoms with van der Waals surface area (Å²) in [4.78, 5) is 23.2. The van der Waals surface area contributed by atoms with E-state index in [0.29, 0.717) is 11.3 Å². The first-order valence-corrected chi connectivity index (χ1v) is 5.51. The molecule has 0 saturated heterocycles. The predicted molar refractivity (Wildman–Crippen MR) is 67.1 cm³/mol. The van der Waals surface area contributed by atoms with Crippen molar-refractivity contribution < 1.29 is 0 Å². The summed E-state index contributed by atoms with van der Waals surface area (Å²) in [5, 5.41) is 4.22. The number of rotatable bonds is 1. The monoisotopic (exact) mass is 241 g/mol. The zero-order chi connectivity index (χ0) is 12.7. The Kier molecular flexibility index (Phi) is 2.22. The maximum absolute atomic E-state index is 12.0. The van der Waals surface area contributed by atoms with Crippen LogP contribution >= 0.6 is 0 Å². The van der Waals surface area contributed by atoms with E-state index in [1.54, 1.807) is 30.2 Å². The summed E-state index contributed by atoms with van der Waals surface area (Å²) >= 11 is 0. The summed E-state index contributed by atoms with van der Waals surface area (Å²) < 4.78 is 1.55. The summed E-state index contributed by atoms with van der Waals surface area (Å²) in [6.45, 7) is 1.85. The Labute approximate surface area is 102 Å². The first-order valence-electron chi connectivity index (χ1n) is 5.51. The molecule has 90 valence electrons. The molecule has 0 spiro atoms. The van der Waals surface area contributed by atoms with Crippen LogP contribution in [0, 0.1) is 6.92 Å². The van der Waals surface area contributed by atoms with Gasteiger partial charge in [0.05, 0.1) is 11.2 Å². The van der Waals surface area contributed by atoms with Gasteiger partial charge in [-0.2, -0.15) is 10.1 Å². The Bertz CT molecular complexity index is 772. The molecule has 0 amide bonds. The highest BCUT2D eigenvalue weighted by molar-refractivity contribution is 5.78. The molecule has 0 atom stereocenters. The summed E-state index contributed by atoms with van der Waals surface area (Å²) in [5.41, 5.74) is 2.47. The van der Waals surface area contributed by atoms with Crippen molar-refractivity contribution in [2.24, 2.45) is 7.05 Å². The third kappa shape index (κ3) is 1.50. The lowest BCUT2D eigenvalue weighted by molar-refractivity contribution is 0.779. The first kappa shape index (κ1) is 10.6. The minimum atomic E-state index is -0.286. The van der Waals surface area contributed by atoms with Crippen molar-refractivity contribution in [1.29, 1.82) is 0 Å². The fourth-order valence-corrected chi connectivity index (χ4v) is 1.99. The van der Waals surface area contributed by atoms with Crippen LogP contribution < -0.4 is 5.56 Å². The molecule has 0 bridgehead atoms. The van der Waals surface area contributed by atoms with E-state index >= 15 is 0 Å². The maximum atomic E-state index is 12.0. The third-order valence-electron chi connectivity index (χ3n) is 2.82. The van der Waals surface area contributed by atoms with Crippen molar-refractivity contribution in [2.75, 3.05) is 0 Å². The second kappa shape index (κ2) is 3.76. The SMILES string of the molecule is Cc1nn(C)c2c(=O)nc(-c3cccnc3)[nH]c12. The second-order valence-corrected chi connectivity index (χ2v) is 4.06. The molecule has 6 heteroatoms. The molecule has 3 aromatic rings. The number of fused-ring (bicyclic) bond motifs is 1. The molecule has 18 heavy (non-hydrogen) atoms. The molecule has 3 aromatic heterocycles. The van der Waals surface area contributed by atoms with Gasteiger partial charge >= 0.3 is 0 Å². The van der Waals surface area contributed by atoms with E-state index in [2.05, 4.69) is 20.1 Å². The highest BCUT2D eigenvalue weighted by Gasteiger charge is 2.12. The Morgan fingerprint density at radius 2 is 2.22 bits per heavy atom. The molecule has 1 N–H and O–H groups in total. The average molecular weight is 241 g/mol. The van der Waals surface area contributed by atoms with Crippen LogP contribution in [0.2, 0.25) is 0 Å². The number of aryl methyl sites for hydroxylation is 2. The van der Waals surface area contributed by atoms with Gasteiger partial charge in [0.25, 0.3) is 5.56 Å². The molecular formula is C12H11N5O. The summed E-state index contributed by atoms with van der Waals surface area (Å²) in [7, 11) is 1.73. The van der Waals surface area contributed by atoms with Crippen molar-refractivity contribution in [3.05, 3.63) is 40.6 Å². The summed E-state index contributed by atoms with van der Waals surface area (Å²) in [6.07, 6.45) is 3.34. The van der Waals surface area contributed by atoms with E-state index in [-0.39, 0.29) is 5.56 Å². The molecule has 3 heterocycles. The van der Waals surface area contributed by atoms with Gasteiger partial charge in [0.2, 0.25) is 0 Å². The Hall–Kier alpha value is -2.50. The normalized spacial score (nSPS) is 11.0. The van der Waals surface area contributed by atoms with Gasteiger partial charge in [0.15, 0.2) is 5.52 Å². The molecule has 6 nitrogen and oxygen atoms in total. The zero-order valence-electron chi connectivity index (χ0n) is 10.0.